The number of piperidine rings is 2. The van der Waals surface area contributed by atoms with Gasteiger partial charge in [-0.2, -0.15) is 0 Å². The van der Waals surface area contributed by atoms with Crippen LogP contribution in [-0.2, 0) is 0 Å². The Bertz CT molecular complexity index is 1630. The van der Waals surface area contributed by atoms with Gasteiger partial charge in [-0.15, -0.1) is 0 Å². The number of nitrogens with zero attached hydrogens (tertiary/aromatic N) is 6. The van der Waals surface area contributed by atoms with E-state index in [9.17, 15) is 9.59 Å². The van der Waals surface area contributed by atoms with E-state index < -0.39 is 0 Å². The SMILES string of the molecule is CN(c1nc2ccccc2s1)C1CCN(C(=O)NC2CCC(CC3CCC(NC(=O)N4CCC(N(C)c5nc6ccccc6s5)CC4)CC3)CC2)CC1. The molecule has 4 amide bonds. The molecule has 0 unspecified atom stereocenters. The van der Waals surface area contributed by atoms with Gasteiger partial charge in [0, 0.05) is 64.4 Å². The minimum Gasteiger partial charge on any atom is -0.348 e. The molecule has 53 heavy (non-hydrogen) atoms. The highest BCUT2D eigenvalue weighted by Crippen LogP contribution is 2.36. The summed E-state index contributed by atoms with van der Waals surface area (Å²) in [4.78, 5) is 44.8. The number of para-hydroxylation sites is 2. The topological polar surface area (TPSA) is 96.9 Å². The molecule has 12 heteroatoms. The monoisotopic (exact) mass is 756 g/mol. The summed E-state index contributed by atoms with van der Waals surface area (Å²) < 4.78 is 2.45. The summed E-state index contributed by atoms with van der Waals surface area (Å²) in [7, 11) is 4.30. The van der Waals surface area contributed by atoms with Crippen molar-refractivity contribution in [3.05, 3.63) is 48.5 Å². The molecular formula is C41H56N8O2S2. The highest BCUT2D eigenvalue weighted by atomic mass is 32.1. The number of fused-ring (bicyclic) bond motifs is 2. The number of aromatic nitrogens is 2. The molecule has 2 aliphatic heterocycles. The van der Waals surface area contributed by atoms with E-state index in [1.807, 2.05) is 21.9 Å². The first kappa shape index (κ1) is 36.3. The third-order valence-corrected chi connectivity index (χ3v) is 15.0. The van der Waals surface area contributed by atoms with Gasteiger partial charge in [0.05, 0.1) is 20.4 Å². The molecule has 2 aliphatic carbocycles. The molecular weight excluding hydrogens is 701 g/mol. The van der Waals surface area contributed by atoms with Crippen LogP contribution < -0.4 is 20.4 Å². The molecule has 4 heterocycles. The first-order valence-electron chi connectivity index (χ1n) is 20.1. The minimum absolute atomic E-state index is 0.121. The Morgan fingerprint density at radius 3 is 1.36 bits per heavy atom. The quantitative estimate of drug-likeness (QED) is 0.188. The lowest BCUT2D eigenvalue weighted by Crippen LogP contribution is -2.51. The molecule has 0 bridgehead atoms. The van der Waals surface area contributed by atoms with Gasteiger partial charge in [-0.25, -0.2) is 19.6 Å². The number of anilines is 2. The van der Waals surface area contributed by atoms with Crippen molar-refractivity contribution in [1.29, 1.82) is 0 Å². The van der Waals surface area contributed by atoms with E-state index in [0.29, 0.717) is 24.2 Å². The Morgan fingerprint density at radius 2 is 0.981 bits per heavy atom. The summed E-state index contributed by atoms with van der Waals surface area (Å²) in [5.74, 6) is 1.52. The molecule has 8 rings (SSSR count). The number of rotatable bonds is 8. The third-order valence-electron chi connectivity index (χ3n) is 12.8. The van der Waals surface area contributed by atoms with Crippen LogP contribution >= 0.6 is 22.7 Å². The van der Waals surface area contributed by atoms with E-state index >= 15 is 0 Å². The average Bonchev–Trinajstić information content (AvgIpc) is 3.84. The number of thiazole rings is 2. The van der Waals surface area contributed by atoms with Crippen molar-refractivity contribution in [2.45, 2.75) is 108 Å². The van der Waals surface area contributed by atoms with Crippen LogP contribution in [0.15, 0.2) is 48.5 Å². The van der Waals surface area contributed by atoms with Crippen LogP contribution in [0.5, 0.6) is 0 Å². The highest BCUT2D eigenvalue weighted by molar-refractivity contribution is 7.22. The molecule has 2 saturated carbocycles. The Kier molecular flexibility index (Phi) is 11.2. The second kappa shape index (κ2) is 16.4. The van der Waals surface area contributed by atoms with E-state index in [1.54, 1.807) is 22.7 Å². The molecule has 0 spiro atoms. The van der Waals surface area contributed by atoms with Crippen LogP contribution in [0.1, 0.15) is 83.5 Å². The second-order valence-electron chi connectivity index (χ2n) is 16.2. The van der Waals surface area contributed by atoms with Crippen molar-refractivity contribution in [3.63, 3.8) is 0 Å². The number of benzene rings is 2. The zero-order valence-electron chi connectivity index (χ0n) is 31.4. The molecule has 2 N–H and O–H groups in total. The van der Waals surface area contributed by atoms with Gasteiger partial charge in [-0.3, -0.25) is 0 Å². The van der Waals surface area contributed by atoms with E-state index in [0.717, 1.165) is 111 Å². The summed E-state index contributed by atoms with van der Waals surface area (Å²) >= 11 is 3.50. The zero-order valence-corrected chi connectivity index (χ0v) is 33.1. The second-order valence-corrected chi connectivity index (χ2v) is 18.2. The fourth-order valence-electron chi connectivity index (χ4n) is 9.33. The Hall–Kier alpha value is -3.64. The molecule has 2 saturated heterocycles. The van der Waals surface area contributed by atoms with Crippen molar-refractivity contribution < 1.29 is 9.59 Å². The summed E-state index contributed by atoms with van der Waals surface area (Å²) in [6.45, 7) is 3.19. The van der Waals surface area contributed by atoms with Crippen molar-refractivity contribution in [2.24, 2.45) is 11.8 Å². The molecule has 4 fully saturated rings. The standard InChI is InChI=1S/C41H56N8O2S2/c1-46(40-44-34-7-3-5-9-36(34)52-40)32-19-23-48(24-20-32)38(50)42-30-15-11-28(12-16-30)27-29-13-17-31(18-14-29)43-39(51)49-25-21-33(22-26-49)47(2)41-45-35-8-4-6-10-37(35)53-41/h3-10,28-33H,11-27H2,1-2H3,(H,42,50)(H,43,51). The predicted octanol–water partition coefficient (Wildman–Crippen LogP) is 8.33. The number of likely N-dealkylation sites (tertiary alicyclic amines) is 2. The van der Waals surface area contributed by atoms with Gasteiger partial charge < -0.3 is 30.2 Å². The maximum atomic E-state index is 13.2. The minimum atomic E-state index is 0.121. The van der Waals surface area contributed by atoms with Gasteiger partial charge in [-0.05, 0) is 120 Å². The lowest BCUT2D eigenvalue weighted by atomic mass is 9.75. The number of carbonyl (C=O) groups is 2. The third kappa shape index (κ3) is 8.53. The maximum absolute atomic E-state index is 13.2. The lowest BCUT2D eigenvalue weighted by molar-refractivity contribution is 0.163. The lowest BCUT2D eigenvalue weighted by Gasteiger charge is -2.39. The Morgan fingerprint density at radius 1 is 0.604 bits per heavy atom. The average molecular weight is 757 g/mol. The molecule has 10 nitrogen and oxygen atoms in total. The number of urea groups is 2. The highest BCUT2D eigenvalue weighted by Gasteiger charge is 2.32. The van der Waals surface area contributed by atoms with Crippen molar-refractivity contribution >= 4 is 65.4 Å². The van der Waals surface area contributed by atoms with E-state index in [1.165, 1.54) is 41.5 Å². The van der Waals surface area contributed by atoms with Gasteiger partial charge in [0.1, 0.15) is 0 Å². The summed E-state index contributed by atoms with van der Waals surface area (Å²) in [5.41, 5.74) is 2.12. The van der Waals surface area contributed by atoms with Crippen LogP contribution in [-0.4, -0.2) is 96.3 Å². The smallest absolute Gasteiger partial charge is 0.317 e. The first-order chi connectivity index (χ1) is 25.9. The van der Waals surface area contributed by atoms with Crippen molar-refractivity contribution in [3.8, 4) is 0 Å². The van der Waals surface area contributed by atoms with Crippen LogP contribution in [0.3, 0.4) is 0 Å². The van der Waals surface area contributed by atoms with Crippen LogP contribution in [0.2, 0.25) is 0 Å². The van der Waals surface area contributed by atoms with Crippen molar-refractivity contribution in [1.82, 2.24) is 30.4 Å². The number of amides is 4. The molecule has 284 valence electrons. The molecule has 2 aromatic heterocycles. The van der Waals surface area contributed by atoms with E-state index in [2.05, 4.69) is 70.9 Å². The molecule has 0 radical (unpaired) electrons. The zero-order chi connectivity index (χ0) is 36.3. The Labute approximate surface area is 322 Å². The van der Waals surface area contributed by atoms with Crippen LogP contribution in [0, 0.1) is 11.8 Å². The van der Waals surface area contributed by atoms with E-state index in [4.69, 9.17) is 9.97 Å². The van der Waals surface area contributed by atoms with Crippen LogP contribution in [0.4, 0.5) is 19.9 Å². The first-order valence-corrected chi connectivity index (χ1v) is 21.8. The number of hydrogen-bond donors (Lipinski definition) is 2. The van der Waals surface area contributed by atoms with E-state index in [-0.39, 0.29) is 12.1 Å². The molecule has 4 aliphatic rings. The van der Waals surface area contributed by atoms with Crippen molar-refractivity contribution in [2.75, 3.05) is 50.1 Å². The largest absolute Gasteiger partial charge is 0.348 e. The van der Waals surface area contributed by atoms with Gasteiger partial charge in [-0.1, -0.05) is 46.9 Å². The molecule has 0 atom stereocenters. The number of hydrogen-bond acceptors (Lipinski definition) is 8. The van der Waals surface area contributed by atoms with Gasteiger partial charge in [0.25, 0.3) is 0 Å². The molecule has 2 aromatic carbocycles. The summed E-state index contributed by atoms with van der Waals surface area (Å²) in [6, 6.07) is 18.3. The summed E-state index contributed by atoms with van der Waals surface area (Å²) in [5, 5.41) is 8.92. The van der Waals surface area contributed by atoms with Gasteiger partial charge in [0.15, 0.2) is 10.3 Å². The number of carbonyl (C=O) groups excluding carboxylic acids is 2. The normalized spacial score (nSPS) is 24.7. The van der Waals surface area contributed by atoms with Crippen LogP contribution in [0.25, 0.3) is 20.4 Å². The Balaban J connectivity index is 0.695. The fraction of sp³-hybridized carbons (Fsp3) is 0.610. The van der Waals surface area contributed by atoms with Gasteiger partial charge in [0.2, 0.25) is 0 Å². The number of nitrogens with one attached hydrogen (secondary N) is 2. The fourth-order valence-corrected chi connectivity index (χ4v) is 11.3. The summed E-state index contributed by atoms with van der Waals surface area (Å²) in [6.07, 6.45) is 14.4. The molecule has 4 aromatic rings. The predicted molar refractivity (Wildman–Crippen MR) is 218 cm³/mol. The maximum Gasteiger partial charge on any atom is 0.317 e. The van der Waals surface area contributed by atoms with Gasteiger partial charge >= 0.3 is 12.1 Å².